The van der Waals surface area contributed by atoms with Crippen LogP contribution in [-0.4, -0.2) is 18.5 Å². The van der Waals surface area contributed by atoms with E-state index in [-0.39, 0.29) is 5.91 Å². The topological polar surface area (TPSA) is 41.1 Å². The van der Waals surface area contributed by atoms with Gasteiger partial charge in [-0.15, -0.1) is 0 Å². The largest absolute Gasteiger partial charge is 0.326 e. The lowest BCUT2D eigenvalue weighted by atomic mass is 10.0. The minimum atomic E-state index is 0.139. The van der Waals surface area contributed by atoms with Gasteiger partial charge in [0.25, 0.3) is 0 Å². The first-order valence-corrected chi connectivity index (χ1v) is 7.88. The normalized spacial score (nSPS) is 18.8. The average Bonchev–Trinajstić information content (AvgIpc) is 2.48. The van der Waals surface area contributed by atoms with Crippen LogP contribution in [0.15, 0.2) is 18.2 Å². The van der Waals surface area contributed by atoms with Gasteiger partial charge >= 0.3 is 0 Å². The molecule has 1 fully saturated rings. The highest BCUT2D eigenvalue weighted by Crippen LogP contribution is 2.23. The summed E-state index contributed by atoms with van der Waals surface area (Å²) < 4.78 is 0. The SMILES string of the molecule is CCc1cccc(CC)c1NC(=O)CC1CCCCN1. The zero-order valence-corrected chi connectivity index (χ0v) is 12.7. The summed E-state index contributed by atoms with van der Waals surface area (Å²) in [7, 11) is 0. The maximum Gasteiger partial charge on any atom is 0.225 e. The van der Waals surface area contributed by atoms with Crippen molar-refractivity contribution in [3.63, 3.8) is 0 Å². The first-order valence-electron chi connectivity index (χ1n) is 7.88. The third-order valence-corrected chi connectivity index (χ3v) is 4.11. The Morgan fingerprint density at radius 1 is 1.25 bits per heavy atom. The minimum Gasteiger partial charge on any atom is -0.326 e. The highest BCUT2D eigenvalue weighted by atomic mass is 16.1. The van der Waals surface area contributed by atoms with Gasteiger partial charge in [0.15, 0.2) is 0 Å². The second-order valence-electron chi connectivity index (χ2n) is 5.56. The Bertz CT molecular complexity index is 428. The fourth-order valence-electron chi connectivity index (χ4n) is 2.92. The number of piperidine rings is 1. The third kappa shape index (κ3) is 3.83. The number of nitrogens with one attached hydrogen (secondary N) is 2. The Labute approximate surface area is 122 Å². The van der Waals surface area contributed by atoms with E-state index >= 15 is 0 Å². The van der Waals surface area contributed by atoms with Gasteiger partial charge < -0.3 is 10.6 Å². The molecule has 0 spiro atoms. The van der Waals surface area contributed by atoms with Crippen LogP contribution in [-0.2, 0) is 17.6 Å². The quantitative estimate of drug-likeness (QED) is 0.865. The molecule has 3 heteroatoms. The predicted molar refractivity (Wildman–Crippen MR) is 84.1 cm³/mol. The molecule has 3 nitrogen and oxygen atoms in total. The molecule has 1 aromatic carbocycles. The average molecular weight is 274 g/mol. The van der Waals surface area contributed by atoms with E-state index in [1.807, 2.05) is 0 Å². The summed E-state index contributed by atoms with van der Waals surface area (Å²) in [6.45, 7) is 5.31. The lowest BCUT2D eigenvalue weighted by molar-refractivity contribution is -0.116. The molecule has 110 valence electrons. The van der Waals surface area contributed by atoms with Crippen LogP contribution in [0.3, 0.4) is 0 Å². The zero-order valence-electron chi connectivity index (χ0n) is 12.7. The van der Waals surface area contributed by atoms with Crippen molar-refractivity contribution in [2.45, 2.75) is 58.4 Å². The van der Waals surface area contributed by atoms with Crippen LogP contribution in [0.2, 0.25) is 0 Å². The number of para-hydroxylation sites is 1. The van der Waals surface area contributed by atoms with Gasteiger partial charge in [-0.1, -0.05) is 38.5 Å². The highest BCUT2D eigenvalue weighted by Gasteiger charge is 2.17. The van der Waals surface area contributed by atoms with Crippen LogP contribution in [0.4, 0.5) is 5.69 Å². The zero-order chi connectivity index (χ0) is 14.4. The molecule has 1 amide bonds. The smallest absolute Gasteiger partial charge is 0.225 e. The number of benzene rings is 1. The summed E-state index contributed by atoms with van der Waals surface area (Å²) in [5.41, 5.74) is 3.50. The van der Waals surface area contributed by atoms with Gasteiger partial charge in [-0.2, -0.15) is 0 Å². The van der Waals surface area contributed by atoms with E-state index in [9.17, 15) is 4.79 Å². The molecule has 1 aliphatic rings. The monoisotopic (exact) mass is 274 g/mol. The molecular formula is C17H26N2O. The van der Waals surface area contributed by atoms with Crippen molar-refractivity contribution in [2.75, 3.05) is 11.9 Å². The molecule has 1 atom stereocenters. The van der Waals surface area contributed by atoms with Gasteiger partial charge in [0, 0.05) is 18.2 Å². The number of rotatable bonds is 5. The molecule has 0 radical (unpaired) electrons. The van der Waals surface area contributed by atoms with Crippen molar-refractivity contribution < 1.29 is 4.79 Å². The van der Waals surface area contributed by atoms with E-state index in [2.05, 4.69) is 42.7 Å². The van der Waals surface area contributed by atoms with Crippen molar-refractivity contribution >= 4 is 11.6 Å². The van der Waals surface area contributed by atoms with Crippen molar-refractivity contribution in [3.05, 3.63) is 29.3 Å². The van der Waals surface area contributed by atoms with Crippen molar-refractivity contribution in [3.8, 4) is 0 Å². The van der Waals surface area contributed by atoms with Crippen molar-refractivity contribution in [1.29, 1.82) is 0 Å². The fourth-order valence-corrected chi connectivity index (χ4v) is 2.92. The molecule has 20 heavy (non-hydrogen) atoms. The number of hydrogen-bond donors (Lipinski definition) is 2. The third-order valence-electron chi connectivity index (χ3n) is 4.11. The lowest BCUT2D eigenvalue weighted by Gasteiger charge is -2.23. The van der Waals surface area contributed by atoms with Gasteiger partial charge in [-0.05, 0) is 43.4 Å². The molecule has 1 unspecified atom stereocenters. The van der Waals surface area contributed by atoms with Crippen LogP contribution in [0.5, 0.6) is 0 Å². The molecule has 0 bridgehead atoms. The number of hydrogen-bond acceptors (Lipinski definition) is 2. The van der Waals surface area contributed by atoms with Gasteiger partial charge in [0.2, 0.25) is 5.91 Å². The van der Waals surface area contributed by atoms with Crippen LogP contribution in [0, 0.1) is 0 Å². The summed E-state index contributed by atoms with van der Waals surface area (Å²) in [4.78, 5) is 12.3. The molecule has 0 aliphatic carbocycles. The van der Waals surface area contributed by atoms with Crippen LogP contribution >= 0.6 is 0 Å². The van der Waals surface area contributed by atoms with Crippen LogP contribution in [0.1, 0.15) is 50.7 Å². The summed E-state index contributed by atoms with van der Waals surface area (Å²) in [6, 6.07) is 6.64. The van der Waals surface area contributed by atoms with Crippen LogP contribution in [0.25, 0.3) is 0 Å². The van der Waals surface area contributed by atoms with E-state index < -0.39 is 0 Å². The Morgan fingerprint density at radius 3 is 2.50 bits per heavy atom. The maximum absolute atomic E-state index is 12.3. The van der Waals surface area contributed by atoms with Gasteiger partial charge in [0.1, 0.15) is 0 Å². The standard InChI is InChI=1S/C17H26N2O/c1-3-13-8-7-9-14(4-2)17(13)19-16(20)12-15-10-5-6-11-18-15/h7-9,15,18H,3-6,10-12H2,1-2H3,(H,19,20). The Balaban J connectivity index is 2.02. The molecule has 2 N–H and O–H groups in total. The second kappa shape index (κ2) is 7.44. The summed E-state index contributed by atoms with van der Waals surface area (Å²) >= 11 is 0. The maximum atomic E-state index is 12.3. The van der Waals surface area contributed by atoms with Gasteiger partial charge in [0.05, 0.1) is 0 Å². The lowest BCUT2D eigenvalue weighted by Crippen LogP contribution is -2.37. The predicted octanol–water partition coefficient (Wildman–Crippen LogP) is 3.28. The number of amides is 1. The Morgan fingerprint density at radius 2 is 1.95 bits per heavy atom. The van der Waals surface area contributed by atoms with Crippen molar-refractivity contribution in [2.24, 2.45) is 0 Å². The molecule has 0 saturated carbocycles. The van der Waals surface area contributed by atoms with E-state index in [1.54, 1.807) is 0 Å². The summed E-state index contributed by atoms with van der Waals surface area (Å²) in [5.74, 6) is 0.139. The van der Waals surface area contributed by atoms with Crippen molar-refractivity contribution in [1.82, 2.24) is 5.32 Å². The molecule has 1 aromatic rings. The van der Waals surface area contributed by atoms with Crippen LogP contribution < -0.4 is 10.6 Å². The van der Waals surface area contributed by atoms with E-state index in [1.165, 1.54) is 24.0 Å². The van der Waals surface area contributed by atoms with Gasteiger partial charge in [-0.25, -0.2) is 0 Å². The highest BCUT2D eigenvalue weighted by molar-refractivity contribution is 5.92. The Kier molecular flexibility index (Phi) is 5.60. The number of anilines is 1. The molecular weight excluding hydrogens is 248 g/mol. The number of aryl methyl sites for hydroxylation is 2. The summed E-state index contributed by atoms with van der Waals surface area (Å²) in [5, 5.41) is 6.58. The molecule has 1 heterocycles. The molecule has 0 aromatic heterocycles. The molecule has 1 aliphatic heterocycles. The number of carbonyl (C=O) groups is 1. The van der Waals surface area contributed by atoms with E-state index in [4.69, 9.17) is 0 Å². The van der Waals surface area contributed by atoms with Gasteiger partial charge in [-0.3, -0.25) is 4.79 Å². The molecule has 2 rings (SSSR count). The first kappa shape index (κ1) is 15.0. The second-order valence-corrected chi connectivity index (χ2v) is 5.56. The minimum absolute atomic E-state index is 0.139. The summed E-state index contributed by atoms with van der Waals surface area (Å²) in [6.07, 6.45) is 6.06. The van der Waals surface area contributed by atoms with E-state index in [0.29, 0.717) is 12.5 Å². The van der Waals surface area contributed by atoms with E-state index in [0.717, 1.165) is 31.5 Å². The molecule has 1 saturated heterocycles. The fraction of sp³-hybridized carbons (Fsp3) is 0.588. The number of carbonyl (C=O) groups excluding carboxylic acids is 1. The Hall–Kier alpha value is -1.35. The first-order chi connectivity index (χ1) is 9.74.